The van der Waals surface area contributed by atoms with Crippen molar-refractivity contribution in [1.82, 2.24) is 0 Å². The van der Waals surface area contributed by atoms with Crippen LogP contribution in [-0.4, -0.2) is 28.6 Å². The Labute approximate surface area is 70.2 Å². The highest BCUT2D eigenvalue weighted by Gasteiger charge is 2.30. The summed E-state index contributed by atoms with van der Waals surface area (Å²) in [7, 11) is 0. The Morgan fingerprint density at radius 3 is 2.67 bits per heavy atom. The van der Waals surface area contributed by atoms with Crippen LogP contribution >= 0.6 is 0 Å². The van der Waals surface area contributed by atoms with E-state index in [9.17, 15) is 9.59 Å². The molecule has 0 aromatic rings. The number of hydrogen-bond donors (Lipinski definition) is 2. The second-order valence-electron chi connectivity index (χ2n) is 3.27. The van der Waals surface area contributed by atoms with Gasteiger partial charge in [-0.15, -0.1) is 0 Å². The molecule has 0 aromatic carbocycles. The molecule has 4 heteroatoms. The average Bonchev–Trinajstić information content (AvgIpc) is 2.03. The lowest BCUT2D eigenvalue weighted by atomic mass is 9.81. The fourth-order valence-corrected chi connectivity index (χ4v) is 1.58. The number of carboxylic acid groups (broad SMARTS) is 1. The predicted octanol–water partition coefficient (Wildman–Crippen LogP) is 0.0487. The van der Waals surface area contributed by atoms with Gasteiger partial charge in [-0.05, 0) is 12.3 Å². The molecule has 0 aliphatic heterocycles. The Bertz CT molecular complexity index is 199. The summed E-state index contributed by atoms with van der Waals surface area (Å²) in [5.41, 5.74) is 0. The molecule has 2 unspecified atom stereocenters. The van der Waals surface area contributed by atoms with E-state index in [0.717, 1.165) is 0 Å². The Morgan fingerprint density at radius 1 is 1.50 bits per heavy atom. The van der Waals surface area contributed by atoms with Gasteiger partial charge in [-0.25, -0.2) is 0 Å². The molecule has 1 aliphatic carbocycles. The smallest absolute Gasteiger partial charge is 0.306 e. The molecule has 1 saturated carbocycles. The van der Waals surface area contributed by atoms with Crippen molar-refractivity contribution in [3.8, 4) is 0 Å². The lowest BCUT2D eigenvalue weighted by Crippen LogP contribution is -2.29. The number of Topliss-reactive ketones (excluding diaryl/α,β-unsaturated/α-hetero) is 1. The quantitative estimate of drug-likeness (QED) is 0.617. The molecule has 0 aromatic heterocycles. The van der Waals surface area contributed by atoms with Gasteiger partial charge in [0.15, 0.2) is 0 Å². The third-order valence-corrected chi connectivity index (χ3v) is 2.22. The molecule has 0 heterocycles. The zero-order chi connectivity index (χ0) is 9.14. The molecule has 4 nitrogen and oxygen atoms in total. The highest BCUT2D eigenvalue weighted by atomic mass is 16.4. The van der Waals surface area contributed by atoms with Gasteiger partial charge in [0, 0.05) is 19.4 Å². The molecule has 0 spiro atoms. The van der Waals surface area contributed by atoms with E-state index in [4.69, 9.17) is 10.2 Å². The molecule has 0 saturated heterocycles. The van der Waals surface area contributed by atoms with Gasteiger partial charge in [-0.3, -0.25) is 9.59 Å². The second-order valence-corrected chi connectivity index (χ2v) is 3.27. The summed E-state index contributed by atoms with van der Waals surface area (Å²) in [4.78, 5) is 21.5. The summed E-state index contributed by atoms with van der Waals surface area (Å²) in [6.45, 7) is -0.0878. The van der Waals surface area contributed by atoms with Crippen molar-refractivity contribution in [2.45, 2.75) is 19.3 Å². The van der Waals surface area contributed by atoms with Crippen LogP contribution in [0.5, 0.6) is 0 Å². The van der Waals surface area contributed by atoms with E-state index in [1.807, 2.05) is 0 Å². The third-order valence-electron chi connectivity index (χ3n) is 2.22. The van der Waals surface area contributed by atoms with Gasteiger partial charge in [0.05, 0.1) is 5.92 Å². The highest BCUT2D eigenvalue weighted by Crippen LogP contribution is 2.26. The number of aliphatic carboxylic acids is 1. The Balaban J connectivity index is 2.56. The first-order valence-electron chi connectivity index (χ1n) is 3.99. The molecule has 68 valence electrons. The van der Waals surface area contributed by atoms with E-state index in [1.165, 1.54) is 0 Å². The zero-order valence-electron chi connectivity index (χ0n) is 6.69. The fraction of sp³-hybridized carbons (Fsp3) is 0.750. The van der Waals surface area contributed by atoms with E-state index in [1.54, 1.807) is 0 Å². The van der Waals surface area contributed by atoms with Crippen LogP contribution in [-0.2, 0) is 9.59 Å². The minimum absolute atomic E-state index is 0.0484. The van der Waals surface area contributed by atoms with Gasteiger partial charge in [0.25, 0.3) is 0 Å². The SMILES string of the molecule is O=C1CC(CO)CC(C(=O)O)C1. The Hall–Kier alpha value is -0.900. The number of aliphatic hydroxyl groups is 1. The number of ketones is 1. The second kappa shape index (κ2) is 3.67. The molecule has 0 bridgehead atoms. The molecular formula is C8H12O4. The van der Waals surface area contributed by atoms with Gasteiger partial charge in [0.2, 0.25) is 0 Å². The maximum Gasteiger partial charge on any atom is 0.306 e. The third kappa shape index (κ3) is 2.04. The molecule has 2 atom stereocenters. The van der Waals surface area contributed by atoms with Crippen LogP contribution in [0, 0.1) is 11.8 Å². The maximum atomic E-state index is 11.0. The summed E-state index contributed by atoms with van der Waals surface area (Å²) in [5, 5.41) is 17.4. The normalized spacial score (nSPS) is 30.2. The predicted molar refractivity (Wildman–Crippen MR) is 40.6 cm³/mol. The Kier molecular flexibility index (Phi) is 2.81. The summed E-state index contributed by atoms with van der Waals surface area (Å²) in [5.74, 6) is -1.70. The van der Waals surface area contributed by atoms with Crippen LogP contribution in [0.1, 0.15) is 19.3 Å². The summed E-state index contributed by atoms with van der Waals surface area (Å²) in [6.07, 6.45) is 0.893. The summed E-state index contributed by atoms with van der Waals surface area (Å²) >= 11 is 0. The number of carboxylic acids is 1. The van der Waals surface area contributed by atoms with Gasteiger partial charge < -0.3 is 10.2 Å². The van der Waals surface area contributed by atoms with Gasteiger partial charge in [-0.2, -0.15) is 0 Å². The number of carbonyl (C=O) groups excluding carboxylic acids is 1. The van der Waals surface area contributed by atoms with Crippen molar-refractivity contribution in [2.24, 2.45) is 11.8 Å². The van der Waals surface area contributed by atoms with Crippen LogP contribution in [0.15, 0.2) is 0 Å². The van der Waals surface area contributed by atoms with Crippen LogP contribution in [0.4, 0.5) is 0 Å². The standard InChI is InChI=1S/C8H12O4/c9-4-5-1-6(8(11)12)3-7(10)2-5/h5-6,9H,1-4H2,(H,11,12). The van der Waals surface area contributed by atoms with E-state index in [-0.39, 0.29) is 24.7 Å². The van der Waals surface area contributed by atoms with Gasteiger partial charge in [-0.1, -0.05) is 0 Å². The van der Waals surface area contributed by atoms with Gasteiger partial charge >= 0.3 is 5.97 Å². The van der Waals surface area contributed by atoms with Crippen molar-refractivity contribution < 1.29 is 19.8 Å². The number of aliphatic hydroxyl groups excluding tert-OH is 1. The minimum Gasteiger partial charge on any atom is -0.481 e. The minimum atomic E-state index is -0.929. The molecule has 0 radical (unpaired) electrons. The van der Waals surface area contributed by atoms with Crippen molar-refractivity contribution >= 4 is 11.8 Å². The maximum absolute atomic E-state index is 11.0. The monoisotopic (exact) mass is 172 g/mol. The lowest BCUT2D eigenvalue weighted by molar-refractivity contribution is -0.146. The van der Waals surface area contributed by atoms with Crippen LogP contribution in [0.3, 0.4) is 0 Å². The molecule has 1 rings (SSSR count). The molecule has 12 heavy (non-hydrogen) atoms. The first-order valence-corrected chi connectivity index (χ1v) is 3.99. The first-order chi connectivity index (χ1) is 5.63. The summed E-state index contributed by atoms with van der Waals surface area (Å²) in [6, 6.07) is 0. The number of carbonyl (C=O) groups is 2. The lowest BCUT2D eigenvalue weighted by Gasteiger charge is -2.23. The highest BCUT2D eigenvalue weighted by molar-refractivity contribution is 5.85. The first kappa shape index (κ1) is 9.19. The summed E-state index contributed by atoms with van der Waals surface area (Å²) < 4.78 is 0. The van der Waals surface area contributed by atoms with Crippen LogP contribution in [0.25, 0.3) is 0 Å². The van der Waals surface area contributed by atoms with Crippen molar-refractivity contribution in [1.29, 1.82) is 0 Å². The van der Waals surface area contributed by atoms with Crippen LogP contribution < -0.4 is 0 Å². The van der Waals surface area contributed by atoms with E-state index >= 15 is 0 Å². The Morgan fingerprint density at radius 2 is 2.17 bits per heavy atom. The van der Waals surface area contributed by atoms with Gasteiger partial charge in [0.1, 0.15) is 5.78 Å². The molecule has 0 amide bonds. The molecule has 1 fully saturated rings. The van der Waals surface area contributed by atoms with E-state index in [2.05, 4.69) is 0 Å². The van der Waals surface area contributed by atoms with Crippen LogP contribution in [0.2, 0.25) is 0 Å². The zero-order valence-corrected chi connectivity index (χ0v) is 6.69. The average molecular weight is 172 g/mol. The van der Waals surface area contributed by atoms with E-state index < -0.39 is 11.9 Å². The largest absolute Gasteiger partial charge is 0.481 e. The van der Waals surface area contributed by atoms with Crippen molar-refractivity contribution in [2.75, 3.05) is 6.61 Å². The molecular weight excluding hydrogens is 160 g/mol. The number of rotatable bonds is 2. The van der Waals surface area contributed by atoms with E-state index in [0.29, 0.717) is 12.8 Å². The topological polar surface area (TPSA) is 74.6 Å². The molecule has 1 aliphatic rings. The number of hydrogen-bond acceptors (Lipinski definition) is 3. The van der Waals surface area contributed by atoms with Crippen molar-refractivity contribution in [3.05, 3.63) is 0 Å². The molecule has 2 N–H and O–H groups in total. The fourth-order valence-electron chi connectivity index (χ4n) is 1.58. The van der Waals surface area contributed by atoms with Crippen molar-refractivity contribution in [3.63, 3.8) is 0 Å².